The van der Waals surface area contributed by atoms with Crippen LogP contribution in [0.1, 0.15) is 80.0 Å². The number of imidazole rings is 2. The van der Waals surface area contributed by atoms with Crippen molar-refractivity contribution in [2.24, 2.45) is 17.8 Å². The maximum atomic E-state index is 14.3. The minimum absolute atomic E-state index is 0.144. The van der Waals surface area contributed by atoms with Crippen LogP contribution in [0.15, 0.2) is 104 Å². The number of hydroxylamine groups is 2. The van der Waals surface area contributed by atoms with E-state index < -0.39 is 17.7 Å². The van der Waals surface area contributed by atoms with Gasteiger partial charge < -0.3 is 29.8 Å². The maximum Gasteiger partial charge on any atom is 0.407 e. The van der Waals surface area contributed by atoms with Crippen LogP contribution in [-0.4, -0.2) is 72.6 Å². The highest BCUT2D eigenvalue weighted by atomic mass is 16.7. The molecule has 7 aromatic rings. The molecule has 2 aromatic heterocycles. The van der Waals surface area contributed by atoms with Crippen molar-refractivity contribution in [3.8, 4) is 11.1 Å². The third-order valence-electron chi connectivity index (χ3n) is 13.8. The fourth-order valence-corrected chi connectivity index (χ4v) is 10.4. The van der Waals surface area contributed by atoms with Crippen molar-refractivity contribution in [3.63, 3.8) is 0 Å². The van der Waals surface area contributed by atoms with Gasteiger partial charge in [0, 0.05) is 10.8 Å². The predicted molar refractivity (Wildman–Crippen MR) is 233 cm³/mol. The summed E-state index contributed by atoms with van der Waals surface area (Å²) in [5.41, 5.74) is 5.87. The number of piperidine rings is 2. The van der Waals surface area contributed by atoms with Crippen LogP contribution in [0.2, 0.25) is 0 Å². The molecule has 7 atom stereocenters. The Labute approximate surface area is 352 Å². The Balaban J connectivity index is 0.876. The molecule has 0 spiro atoms. The number of aromatic amines is 2. The summed E-state index contributed by atoms with van der Waals surface area (Å²) in [6.07, 6.45) is 5.86. The van der Waals surface area contributed by atoms with E-state index in [1.54, 1.807) is 12.1 Å². The van der Waals surface area contributed by atoms with Crippen molar-refractivity contribution in [2.45, 2.75) is 75.7 Å². The smallest absolute Gasteiger partial charge is 0.407 e. The number of alkyl carbamates (subject to hydrolysis) is 1. The third kappa shape index (κ3) is 6.09. The molecule has 11 rings (SSSR count). The number of nitrogens with one attached hydrogen (secondary N) is 3. The summed E-state index contributed by atoms with van der Waals surface area (Å²) in [6.45, 7) is 7.97. The van der Waals surface area contributed by atoms with Crippen LogP contribution in [0, 0.1) is 17.8 Å². The van der Waals surface area contributed by atoms with Gasteiger partial charge in [-0.1, -0.05) is 74.5 Å². The SMILES string of the molecule is C=CC12CC1C[C@@H](c1nc3c(ccc4cc(-c5ccc6c(ccc7[nH]c([C@@H]8CC[C@H]9CC9N8OC(=O)c8ccccc8)nc76)c5)ccc43)[nH]1)N2C(=O)[C@@H](NC(=O)OC)C(C)C. The van der Waals surface area contributed by atoms with E-state index in [0.717, 1.165) is 98.5 Å². The van der Waals surface area contributed by atoms with E-state index in [2.05, 4.69) is 82.5 Å². The van der Waals surface area contributed by atoms with E-state index in [-0.39, 0.29) is 41.8 Å². The number of hydrogen-bond donors (Lipinski definition) is 3. The second-order valence-electron chi connectivity index (χ2n) is 17.7. The lowest BCUT2D eigenvalue weighted by Gasteiger charge is -2.36. The molecule has 12 nitrogen and oxygen atoms in total. The van der Waals surface area contributed by atoms with Crippen LogP contribution in [0.3, 0.4) is 0 Å². The number of ether oxygens (including phenoxy) is 1. The number of amides is 2. The van der Waals surface area contributed by atoms with Crippen molar-refractivity contribution in [2.75, 3.05) is 7.11 Å². The lowest BCUT2D eigenvalue weighted by atomic mass is 9.98. The average Bonchev–Trinajstić information content (AvgIpc) is 4.05. The number of carbonyl (C=O) groups excluding carboxylic acids is 3. The summed E-state index contributed by atoms with van der Waals surface area (Å²) in [7, 11) is 1.30. The first kappa shape index (κ1) is 37.5. The van der Waals surface area contributed by atoms with Crippen molar-refractivity contribution in [1.29, 1.82) is 0 Å². The Bertz CT molecular complexity index is 2940. The van der Waals surface area contributed by atoms with Gasteiger partial charge in [0.05, 0.1) is 52.4 Å². The zero-order valence-electron chi connectivity index (χ0n) is 34.4. The summed E-state index contributed by atoms with van der Waals surface area (Å²) in [5.74, 6) is 1.75. The topological polar surface area (TPSA) is 146 Å². The molecular formula is C49H47N7O5. The third-order valence-corrected chi connectivity index (χ3v) is 13.8. The second-order valence-corrected chi connectivity index (χ2v) is 17.7. The number of methoxy groups -OCH3 is 1. The molecule has 3 unspecified atom stereocenters. The van der Waals surface area contributed by atoms with E-state index >= 15 is 0 Å². The van der Waals surface area contributed by atoms with Crippen LogP contribution in [0.4, 0.5) is 4.79 Å². The van der Waals surface area contributed by atoms with Crippen LogP contribution in [0.5, 0.6) is 0 Å². The second kappa shape index (κ2) is 14.0. The zero-order valence-corrected chi connectivity index (χ0v) is 34.4. The summed E-state index contributed by atoms with van der Waals surface area (Å²) in [4.78, 5) is 65.1. The van der Waals surface area contributed by atoms with Gasteiger partial charge in [-0.15, -0.1) is 11.6 Å². The highest BCUT2D eigenvalue weighted by Crippen LogP contribution is 2.63. The van der Waals surface area contributed by atoms with Crippen LogP contribution >= 0.6 is 0 Å². The Kier molecular flexibility index (Phi) is 8.61. The lowest BCUT2D eigenvalue weighted by Crippen LogP contribution is -2.54. The number of rotatable bonds is 9. The molecule has 2 aliphatic carbocycles. The van der Waals surface area contributed by atoms with Crippen LogP contribution < -0.4 is 5.32 Å². The van der Waals surface area contributed by atoms with Gasteiger partial charge in [0.15, 0.2) is 0 Å². The molecule has 0 bridgehead atoms. The lowest BCUT2D eigenvalue weighted by molar-refractivity contribution is -0.162. The molecular weight excluding hydrogens is 767 g/mol. The number of hydrogen-bond acceptors (Lipinski definition) is 8. The maximum absolute atomic E-state index is 14.3. The quantitative estimate of drug-likeness (QED) is 0.122. The predicted octanol–water partition coefficient (Wildman–Crippen LogP) is 9.31. The Morgan fingerprint density at radius 3 is 2.08 bits per heavy atom. The number of benzene rings is 5. The van der Waals surface area contributed by atoms with Gasteiger partial charge in [-0.2, -0.15) is 0 Å². The fraction of sp³-hybridized carbons (Fsp3) is 0.327. The number of aromatic nitrogens is 4. The Morgan fingerprint density at radius 1 is 0.836 bits per heavy atom. The molecule has 308 valence electrons. The van der Waals surface area contributed by atoms with E-state index in [1.165, 1.54) is 7.11 Å². The molecule has 12 heteroatoms. The van der Waals surface area contributed by atoms with E-state index in [4.69, 9.17) is 19.5 Å². The van der Waals surface area contributed by atoms with Crippen molar-refractivity contribution in [1.82, 2.24) is 35.2 Å². The van der Waals surface area contributed by atoms with Crippen molar-refractivity contribution < 1.29 is 24.0 Å². The number of fused-ring (bicyclic) bond motifs is 8. The largest absolute Gasteiger partial charge is 0.453 e. The molecule has 0 radical (unpaired) electrons. The summed E-state index contributed by atoms with van der Waals surface area (Å²) < 4.78 is 4.87. The molecule has 2 aliphatic heterocycles. The van der Waals surface area contributed by atoms with E-state index in [1.807, 2.05) is 48.1 Å². The van der Waals surface area contributed by atoms with Gasteiger partial charge in [-0.25, -0.2) is 19.6 Å². The number of carbonyl (C=O) groups is 3. The minimum atomic E-state index is -0.746. The number of likely N-dealkylation sites (tertiary alicyclic amines) is 1. The monoisotopic (exact) mass is 813 g/mol. The molecule has 4 heterocycles. The van der Waals surface area contributed by atoms with E-state index in [0.29, 0.717) is 11.5 Å². The molecule has 5 aromatic carbocycles. The molecule has 61 heavy (non-hydrogen) atoms. The van der Waals surface area contributed by atoms with Gasteiger partial charge in [-0.3, -0.25) is 4.79 Å². The molecule has 4 aliphatic rings. The summed E-state index contributed by atoms with van der Waals surface area (Å²) >= 11 is 0. The summed E-state index contributed by atoms with van der Waals surface area (Å²) in [5, 5.41) is 8.89. The first-order valence-electron chi connectivity index (χ1n) is 21.4. The fourth-order valence-electron chi connectivity index (χ4n) is 10.4. The Hall–Kier alpha value is -6.53. The summed E-state index contributed by atoms with van der Waals surface area (Å²) in [6, 6.07) is 29.6. The average molecular weight is 814 g/mol. The highest BCUT2D eigenvalue weighted by molar-refractivity contribution is 6.07. The van der Waals surface area contributed by atoms with Gasteiger partial charge in [0.25, 0.3) is 0 Å². The van der Waals surface area contributed by atoms with Gasteiger partial charge in [0.1, 0.15) is 23.7 Å². The van der Waals surface area contributed by atoms with Crippen LogP contribution in [0.25, 0.3) is 54.7 Å². The van der Waals surface area contributed by atoms with Crippen molar-refractivity contribution >= 4 is 61.6 Å². The minimum Gasteiger partial charge on any atom is -0.453 e. The normalized spacial score (nSPS) is 24.8. The number of nitrogens with zero attached hydrogens (tertiary/aromatic N) is 4. The highest BCUT2D eigenvalue weighted by Gasteiger charge is 2.66. The molecule has 2 saturated heterocycles. The van der Waals surface area contributed by atoms with Gasteiger partial charge in [0.2, 0.25) is 5.91 Å². The van der Waals surface area contributed by atoms with Crippen LogP contribution in [-0.2, 0) is 14.4 Å². The standard InChI is InChI=1S/C49H47N7O5/c1-5-49-25-33(49)24-40(55(49)46(57)41(26(2)3)54-48(59)60-4)45-51-37-19-14-31-22-29(12-17-35(31)43(37)53-45)28-11-16-34-30(21-28)13-18-36-42(34)52-44(50-36)38-20-15-32-23-39(32)56(38)61-47(58)27-9-7-6-8-10-27/h5-14,16-19,21-22,26,32-33,38-41H,1,15,20,23-25H2,2-4H3,(H,50,52)(H,51,53)(H,54,59)/t32-,33?,38-,39?,40-,41-,49?/m0/s1. The first-order valence-corrected chi connectivity index (χ1v) is 21.4. The van der Waals surface area contributed by atoms with Gasteiger partial charge >= 0.3 is 12.1 Å². The Morgan fingerprint density at radius 2 is 1.48 bits per heavy atom. The molecule has 2 amide bonds. The van der Waals surface area contributed by atoms with Crippen molar-refractivity contribution in [3.05, 3.63) is 121 Å². The number of H-pyrrole nitrogens is 2. The van der Waals surface area contributed by atoms with E-state index in [9.17, 15) is 14.4 Å². The zero-order chi connectivity index (χ0) is 41.7. The molecule has 3 N–H and O–H groups in total. The van der Waals surface area contributed by atoms with Gasteiger partial charge in [-0.05, 0) is 108 Å². The molecule has 4 fully saturated rings. The first-order chi connectivity index (χ1) is 29.6. The molecule has 2 saturated carbocycles.